The van der Waals surface area contributed by atoms with E-state index < -0.39 is 0 Å². The molecule has 0 unspecified atom stereocenters. The van der Waals surface area contributed by atoms with Gasteiger partial charge < -0.3 is 19.9 Å². The molecule has 0 radical (unpaired) electrons. The topological polar surface area (TPSA) is 53.7 Å². The van der Waals surface area contributed by atoms with Gasteiger partial charge in [0, 0.05) is 5.56 Å². The van der Waals surface area contributed by atoms with E-state index in [1.165, 1.54) is 0 Å². The molecule has 0 atom stereocenters. The minimum absolute atomic E-state index is 0.507. The summed E-state index contributed by atoms with van der Waals surface area (Å²) >= 11 is 3.35. The van der Waals surface area contributed by atoms with E-state index >= 15 is 0 Å². The largest absolute Gasteiger partial charge is 0.494 e. The molecule has 0 amide bonds. The zero-order valence-electron chi connectivity index (χ0n) is 9.18. The van der Waals surface area contributed by atoms with E-state index in [2.05, 4.69) is 15.9 Å². The first-order valence-electron chi connectivity index (χ1n) is 4.31. The predicted octanol–water partition coefficient (Wildman–Crippen LogP) is 2.37. The lowest BCUT2D eigenvalue weighted by Crippen LogP contribution is -2.02. The van der Waals surface area contributed by atoms with Gasteiger partial charge in [-0.2, -0.15) is 0 Å². The van der Waals surface area contributed by atoms with E-state index in [1.54, 1.807) is 21.3 Å². The minimum Gasteiger partial charge on any atom is -0.494 e. The van der Waals surface area contributed by atoms with E-state index in [4.69, 9.17) is 19.9 Å². The molecule has 0 aliphatic heterocycles. The van der Waals surface area contributed by atoms with Crippen molar-refractivity contribution in [2.45, 2.75) is 6.92 Å². The van der Waals surface area contributed by atoms with Gasteiger partial charge in [-0.3, -0.25) is 0 Å². The highest BCUT2D eigenvalue weighted by molar-refractivity contribution is 9.10. The van der Waals surface area contributed by atoms with Gasteiger partial charge in [0.2, 0.25) is 0 Å². The Morgan fingerprint density at radius 3 is 1.80 bits per heavy atom. The molecular formula is C10H14BrNO3. The number of methoxy groups -OCH3 is 3. The second-order valence-electron chi connectivity index (χ2n) is 2.95. The van der Waals surface area contributed by atoms with Crippen molar-refractivity contribution in [3.8, 4) is 17.2 Å². The van der Waals surface area contributed by atoms with Crippen LogP contribution >= 0.6 is 15.9 Å². The maximum Gasteiger partial charge on any atom is 0.177 e. The fourth-order valence-corrected chi connectivity index (χ4v) is 2.01. The van der Waals surface area contributed by atoms with Gasteiger partial charge in [0.1, 0.15) is 5.75 Å². The summed E-state index contributed by atoms with van der Waals surface area (Å²) in [4.78, 5) is 0. The molecule has 1 rings (SSSR count). The van der Waals surface area contributed by atoms with E-state index in [0.717, 1.165) is 5.56 Å². The van der Waals surface area contributed by atoms with Gasteiger partial charge in [0.05, 0.1) is 31.5 Å². The molecular weight excluding hydrogens is 262 g/mol. The third-order valence-electron chi connectivity index (χ3n) is 2.18. The normalized spacial score (nSPS) is 9.93. The molecule has 1 aromatic rings. The third kappa shape index (κ3) is 1.84. The molecule has 84 valence electrons. The number of ether oxygens (including phenoxy) is 3. The molecule has 2 N–H and O–H groups in total. The van der Waals surface area contributed by atoms with Crippen LogP contribution in [0.4, 0.5) is 5.69 Å². The summed E-state index contributed by atoms with van der Waals surface area (Å²) < 4.78 is 16.3. The first-order chi connectivity index (χ1) is 7.08. The summed E-state index contributed by atoms with van der Waals surface area (Å²) in [5, 5.41) is 0. The van der Waals surface area contributed by atoms with Gasteiger partial charge >= 0.3 is 0 Å². The van der Waals surface area contributed by atoms with E-state index in [0.29, 0.717) is 27.4 Å². The Hall–Kier alpha value is -1.10. The van der Waals surface area contributed by atoms with Crippen molar-refractivity contribution in [3.63, 3.8) is 0 Å². The number of halogens is 1. The van der Waals surface area contributed by atoms with Crippen LogP contribution in [0.5, 0.6) is 17.2 Å². The van der Waals surface area contributed by atoms with Gasteiger partial charge in [0.25, 0.3) is 0 Å². The summed E-state index contributed by atoms with van der Waals surface area (Å²) in [5.41, 5.74) is 7.21. The maximum atomic E-state index is 5.89. The second-order valence-corrected chi connectivity index (χ2v) is 3.75. The summed E-state index contributed by atoms with van der Waals surface area (Å²) in [5.74, 6) is 1.79. The van der Waals surface area contributed by atoms with Gasteiger partial charge in [-0.05, 0) is 22.9 Å². The van der Waals surface area contributed by atoms with Crippen molar-refractivity contribution in [2.24, 2.45) is 0 Å². The summed E-state index contributed by atoms with van der Waals surface area (Å²) in [7, 11) is 4.71. The van der Waals surface area contributed by atoms with Crippen molar-refractivity contribution in [1.82, 2.24) is 0 Å². The molecule has 0 saturated carbocycles. The third-order valence-corrected chi connectivity index (χ3v) is 2.97. The summed E-state index contributed by atoms with van der Waals surface area (Å²) in [6, 6.07) is 0. The molecule has 0 spiro atoms. The number of nitrogen functional groups attached to an aromatic ring is 1. The molecule has 0 aromatic heterocycles. The fourth-order valence-electron chi connectivity index (χ4n) is 1.49. The van der Waals surface area contributed by atoms with Gasteiger partial charge in [-0.25, -0.2) is 0 Å². The van der Waals surface area contributed by atoms with Gasteiger partial charge in [-0.15, -0.1) is 0 Å². The van der Waals surface area contributed by atoms with Crippen LogP contribution < -0.4 is 19.9 Å². The van der Waals surface area contributed by atoms with E-state index in [1.807, 2.05) is 6.92 Å². The van der Waals surface area contributed by atoms with Crippen LogP contribution in [-0.4, -0.2) is 21.3 Å². The molecule has 0 fully saturated rings. The Bertz CT molecular complexity index is 380. The lowest BCUT2D eigenvalue weighted by atomic mass is 10.1. The highest BCUT2D eigenvalue weighted by Crippen LogP contribution is 2.47. The predicted molar refractivity (Wildman–Crippen MR) is 62.9 cm³/mol. The Balaban J connectivity index is 3.57. The SMILES string of the molecule is COc1c(C)c(OC)c(OC)c(Br)c1N. The number of hydrogen-bond acceptors (Lipinski definition) is 4. The number of hydrogen-bond donors (Lipinski definition) is 1. The van der Waals surface area contributed by atoms with E-state index in [-0.39, 0.29) is 0 Å². The number of anilines is 1. The Labute approximate surface area is 97.4 Å². The summed E-state index contributed by atoms with van der Waals surface area (Å²) in [6.45, 7) is 1.86. The number of nitrogens with two attached hydrogens (primary N) is 1. The van der Waals surface area contributed by atoms with Crippen molar-refractivity contribution < 1.29 is 14.2 Å². The van der Waals surface area contributed by atoms with E-state index in [9.17, 15) is 0 Å². The molecule has 4 nitrogen and oxygen atoms in total. The lowest BCUT2D eigenvalue weighted by molar-refractivity contribution is 0.344. The second kappa shape index (κ2) is 4.61. The van der Waals surface area contributed by atoms with Crippen molar-refractivity contribution in [1.29, 1.82) is 0 Å². The smallest absolute Gasteiger partial charge is 0.177 e. The maximum absolute atomic E-state index is 5.89. The summed E-state index contributed by atoms with van der Waals surface area (Å²) in [6.07, 6.45) is 0. The first-order valence-corrected chi connectivity index (χ1v) is 5.11. The van der Waals surface area contributed by atoms with Crippen LogP contribution in [-0.2, 0) is 0 Å². The monoisotopic (exact) mass is 275 g/mol. The van der Waals surface area contributed by atoms with Crippen LogP contribution in [0.2, 0.25) is 0 Å². The molecule has 0 aliphatic rings. The van der Waals surface area contributed by atoms with Crippen LogP contribution in [0.15, 0.2) is 4.47 Å². The number of rotatable bonds is 3. The zero-order chi connectivity index (χ0) is 11.6. The van der Waals surface area contributed by atoms with Crippen molar-refractivity contribution >= 4 is 21.6 Å². The van der Waals surface area contributed by atoms with Crippen LogP contribution in [0, 0.1) is 6.92 Å². The van der Waals surface area contributed by atoms with Crippen LogP contribution in [0.3, 0.4) is 0 Å². The molecule has 0 aliphatic carbocycles. The fraction of sp³-hybridized carbons (Fsp3) is 0.400. The van der Waals surface area contributed by atoms with Gasteiger partial charge in [-0.1, -0.05) is 0 Å². The molecule has 0 bridgehead atoms. The highest BCUT2D eigenvalue weighted by atomic mass is 79.9. The molecule has 1 aromatic carbocycles. The van der Waals surface area contributed by atoms with Gasteiger partial charge in [0.15, 0.2) is 11.5 Å². The average molecular weight is 276 g/mol. The highest BCUT2D eigenvalue weighted by Gasteiger charge is 2.20. The Morgan fingerprint density at radius 1 is 0.933 bits per heavy atom. The van der Waals surface area contributed by atoms with Crippen molar-refractivity contribution in [3.05, 3.63) is 10.0 Å². The standard InChI is InChI=1S/C10H14BrNO3/c1-5-8(13-2)7(12)6(11)10(15-4)9(5)14-3/h12H2,1-4H3. The number of benzene rings is 1. The Kier molecular flexibility index (Phi) is 3.68. The Morgan fingerprint density at radius 2 is 1.40 bits per heavy atom. The lowest BCUT2D eigenvalue weighted by Gasteiger charge is -2.17. The van der Waals surface area contributed by atoms with Crippen molar-refractivity contribution in [2.75, 3.05) is 27.1 Å². The first kappa shape index (κ1) is 12.0. The zero-order valence-corrected chi connectivity index (χ0v) is 10.8. The molecule has 0 heterocycles. The molecule has 5 heteroatoms. The quantitative estimate of drug-likeness (QED) is 0.861. The average Bonchev–Trinajstić information content (AvgIpc) is 2.23. The minimum atomic E-state index is 0.507. The molecule has 0 saturated heterocycles. The van der Waals surface area contributed by atoms with Crippen LogP contribution in [0.1, 0.15) is 5.56 Å². The van der Waals surface area contributed by atoms with Crippen LogP contribution in [0.25, 0.3) is 0 Å². The molecule has 15 heavy (non-hydrogen) atoms.